The first-order valence-corrected chi connectivity index (χ1v) is 5.13. The predicted octanol–water partition coefficient (Wildman–Crippen LogP) is 0.771. The van der Waals surface area contributed by atoms with Crippen molar-refractivity contribution >= 4 is 17.7 Å². The minimum Gasteiger partial charge on any atom is -0.481 e. The summed E-state index contributed by atoms with van der Waals surface area (Å²) in [7, 11) is 0. The van der Waals surface area contributed by atoms with Crippen molar-refractivity contribution in [3.8, 4) is 0 Å². The van der Waals surface area contributed by atoms with E-state index in [0.29, 0.717) is 24.5 Å². The van der Waals surface area contributed by atoms with E-state index in [1.54, 1.807) is 6.92 Å². The van der Waals surface area contributed by atoms with Gasteiger partial charge in [-0.15, -0.1) is 0 Å². The van der Waals surface area contributed by atoms with Gasteiger partial charge in [-0.1, -0.05) is 0 Å². The number of amides is 2. The van der Waals surface area contributed by atoms with Gasteiger partial charge >= 0.3 is 12.0 Å². The van der Waals surface area contributed by atoms with E-state index in [0.717, 1.165) is 0 Å². The third-order valence-corrected chi connectivity index (χ3v) is 1.89. The largest absolute Gasteiger partial charge is 0.481 e. The number of carboxylic acid groups (broad SMARTS) is 1. The fourth-order valence-electron chi connectivity index (χ4n) is 1.07. The summed E-state index contributed by atoms with van der Waals surface area (Å²) < 4.78 is 0. The van der Waals surface area contributed by atoms with Gasteiger partial charge in [0.05, 0.1) is 18.1 Å². The molecule has 0 aliphatic rings. The molecule has 0 aliphatic heterocycles. The zero-order chi connectivity index (χ0) is 12.7. The van der Waals surface area contributed by atoms with Crippen molar-refractivity contribution in [2.75, 3.05) is 11.9 Å². The summed E-state index contributed by atoms with van der Waals surface area (Å²) in [6.45, 7) is 2.06. The molecule has 7 nitrogen and oxygen atoms in total. The Hall–Kier alpha value is -2.18. The van der Waals surface area contributed by atoms with Gasteiger partial charge in [0.2, 0.25) is 0 Å². The number of aromatic nitrogens is 2. The molecule has 7 heteroatoms. The summed E-state index contributed by atoms with van der Waals surface area (Å²) in [6.07, 6.45) is 3.43. The van der Waals surface area contributed by atoms with Gasteiger partial charge in [0.25, 0.3) is 0 Å². The van der Waals surface area contributed by atoms with Crippen LogP contribution in [0.2, 0.25) is 0 Å². The van der Waals surface area contributed by atoms with Gasteiger partial charge in [-0.2, -0.15) is 0 Å². The van der Waals surface area contributed by atoms with E-state index in [4.69, 9.17) is 5.11 Å². The molecule has 1 aromatic heterocycles. The lowest BCUT2D eigenvalue weighted by Gasteiger charge is -2.06. The summed E-state index contributed by atoms with van der Waals surface area (Å²) in [5.74, 6) is -0.253. The maximum absolute atomic E-state index is 11.3. The van der Waals surface area contributed by atoms with E-state index < -0.39 is 12.0 Å². The van der Waals surface area contributed by atoms with E-state index in [2.05, 4.69) is 20.6 Å². The van der Waals surface area contributed by atoms with Crippen LogP contribution in [0.1, 0.15) is 18.7 Å². The molecular weight excluding hydrogens is 224 g/mol. The molecule has 17 heavy (non-hydrogen) atoms. The normalized spacial score (nSPS) is 9.71. The minimum absolute atomic E-state index is 0.0356. The first-order valence-electron chi connectivity index (χ1n) is 5.13. The highest BCUT2D eigenvalue weighted by atomic mass is 16.4. The monoisotopic (exact) mass is 238 g/mol. The Bertz CT molecular complexity index is 391. The summed E-state index contributed by atoms with van der Waals surface area (Å²) in [5.41, 5.74) is 0.492. The topological polar surface area (TPSA) is 104 Å². The molecule has 0 unspecified atom stereocenters. The molecular formula is C10H14N4O3. The summed E-state index contributed by atoms with van der Waals surface area (Å²) in [6, 6.07) is -0.400. The van der Waals surface area contributed by atoms with Crippen molar-refractivity contribution < 1.29 is 14.7 Å². The summed E-state index contributed by atoms with van der Waals surface area (Å²) in [4.78, 5) is 29.4. The quantitative estimate of drug-likeness (QED) is 0.657. The summed E-state index contributed by atoms with van der Waals surface area (Å²) >= 11 is 0. The Labute approximate surface area is 98.3 Å². The van der Waals surface area contributed by atoms with E-state index in [9.17, 15) is 9.59 Å². The maximum Gasteiger partial charge on any atom is 0.319 e. The molecule has 1 heterocycles. The predicted molar refractivity (Wildman–Crippen MR) is 60.7 cm³/mol. The van der Waals surface area contributed by atoms with Crippen LogP contribution in [0.25, 0.3) is 0 Å². The van der Waals surface area contributed by atoms with Gasteiger partial charge in [0.1, 0.15) is 5.82 Å². The second kappa shape index (κ2) is 6.41. The second-order valence-corrected chi connectivity index (χ2v) is 3.40. The van der Waals surface area contributed by atoms with Crippen molar-refractivity contribution in [3.63, 3.8) is 0 Å². The fraction of sp³-hybridized carbons (Fsp3) is 0.400. The maximum atomic E-state index is 11.3. The standard InChI is InChI=1S/C10H14N4O3/c1-7-12-5-8(6-13-7)14-10(17)11-4-2-3-9(15)16/h5-6H,2-4H2,1H3,(H,15,16)(H2,11,14,17). The number of urea groups is 1. The van der Waals surface area contributed by atoms with Crippen molar-refractivity contribution in [2.24, 2.45) is 0 Å². The average molecular weight is 238 g/mol. The lowest BCUT2D eigenvalue weighted by Crippen LogP contribution is -2.29. The van der Waals surface area contributed by atoms with Crippen LogP contribution in [-0.4, -0.2) is 33.6 Å². The first kappa shape index (κ1) is 12.9. The first-order chi connectivity index (χ1) is 8.08. The van der Waals surface area contributed by atoms with E-state index >= 15 is 0 Å². The number of aryl methyl sites for hydroxylation is 1. The average Bonchev–Trinajstić information content (AvgIpc) is 2.27. The number of rotatable bonds is 5. The number of anilines is 1. The van der Waals surface area contributed by atoms with Crippen molar-refractivity contribution in [1.29, 1.82) is 0 Å². The molecule has 1 aromatic rings. The van der Waals surface area contributed by atoms with Crippen LogP contribution < -0.4 is 10.6 Å². The van der Waals surface area contributed by atoms with Gasteiger partial charge in [-0.3, -0.25) is 4.79 Å². The Morgan fingerprint density at radius 2 is 2.00 bits per heavy atom. The van der Waals surface area contributed by atoms with Crippen LogP contribution in [-0.2, 0) is 4.79 Å². The molecule has 0 bridgehead atoms. The van der Waals surface area contributed by atoms with Crippen LogP contribution in [0.5, 0.6) is 0 Å². The van der Waals surface area contributed by atoms with Crippen molar-refractivity contribution in [1.82, 2.24) is 15.3 Å². The molecule has 0 fully saturated rings. The SMILES string of the molecule is Cc1ncc(NC(=O)NCCCC(=O)O)cn1. The van der Waals surface area contributed by atoms with Gasteiger partial charge in [-0.05, 0) is 13.3 Å². The Morgan fingerprint density at radius 3 is 2.59 bits per heavy atom. The van der Waals surface area contributed by atoms with E-state index in [-0.39, 0.29) is 6.42 Å². The van der Waals surface area contributed by atoms with Crippen LogP contribution in [0.3, 0.4) is 0 Å². The van der Waals surface area contributed by atoms with Crippen LogP contribution in [0.15, 0.2) is 12.4 Å². The number of carbonyl (C=O) groups is 2. The van der Waals surface area contributed by atoms with Gasteiger partial charge < -0.3 is 15.7 Å². The molecule has 0 spiro atoms. The fourth-order valence-corrected chi connectivity index (χ4v) is 1.07. The molecule has 2 amide bonds. The molecule has 0 aliphatic carbocycles. The van der Waals surface area contributed by atoms with E-state index in [1.165, 1.54) is 12.4 Å². The Morgan fingerprint density at radius 1 is 1.35 bits per heavy atom. The van der Waals surface area contributed by atoms with Crippen LogP contribution >= 0.6 is 0 Å². The molecule has 1 rings (SSSR count). The number of hydrogen-bond acceptors (Lipinski definition) is 4. The zero-order valence-corrected chi connectivity index (χ0v) is 9.43. The third kappa shape index (κ3) is 5.45. The van der Waals surface area contributed by atoms with Gasteiger partial charge in [-0.25, -0.2) is 14.8 Å². The van der Waals surface area contributed by atoms with Gasteiger partial charge in [0.15, 0.2) is 0 Å². The second-order valence-electron chi connectivity index (χ2n) is 3.40. The molecule has 0 radical (unpaired) electrons. The lowest BCUT2D eigenvalue weighted by atomic mass is 10.3. The molecule has 0 aromatic carbocycles. The highest BCUT2D eigenvalue weighted by Gasteiger charge is 2.02. The Balaban J connectivity index is 2.25. The molecule has 0 saturated heterocycles. The number of carboxylic acids is 1. The number of nitrogens with zero attached hydrogens (tertiary/aromatic N) is 2. The van der Waals surface area contributed by atoms with Crippen molar-refractivity contribution in [3.05, 3.63) is 18.2 Å². The Kier molecular flexibility index (Phi) is 4.86. The highest BCUT2D eigenvalue weighted by molar-refractivity contribution is 5.88. The van der Waals surface area contributed by atoms with E-state index in [1.807, 2.05) is 0 Å². The number of carbonyl (C=O) groups excluding carboxylic acids is 1. The number of nitrogens with one attached hydrogen (secondary N) is 2. The molecule has 3 N–H and O–H groups in total. The molecule has 0 atom stereocenters. The zero-order valence-electron chi connectivity index (χ0n) is 9.43. The van der Waals surface area contributed by atoms with Crippen molar-refractivity contribution in [2.45, 2.75) is 19.8 Å². The third-order valence-electron chi connectivity index (χ3n) is 1.89. The highest BCUT2D eigenvalue weighted by Crippen LogP contribution is 2.01. The van der Waals surface area contributed by atoms with Crippen LogP contribution in [0.4, 0.5) is 10.5 Å². The van der Waals surface area contributed by atoms with Crippen LogP contribution in [0, 0.1) is 6.92 Å². The molecule has 92 valence electrons. The molecule has 0 saturated carbocycles. The van der Waals surface area contributed by atoms with Gasteiger partial charge in [0, 0.05) is 13.0 Å². The smallest absolute Gasteiger partial charge is 0.319 e. The summed E-state index contributed by atoms with van der Waals surface area (Å²) in [5, 5.41) is 13.5. The number of aliphatic carboxylic acids is 1. The number of hydrogen-bond donors (Lipinski definition) is 3. The minimum atomic E-state index is -0.876. The lowest BCUT2D eigenvalue weighted by molar-refractivity contribution is -0.137.